The van der Waals surface area contributed by atoms with Gasteiger partial charge in [-0.3, -0.25) is 9.29 Å². The summed E-state index contributed by atoms with van der Waals surface area (Å²) < 4.78 is 62.8. The first-order valence-electron chi connectivity index (χ1n) is 11.6. The molecule has 1 N–H and O–H groups in total. The van der Waals surface area contributed by atoms with Crippen molar-refractivity contribution in [2.24, 2.45) is 0 Å². The number of nitrogens with zero attached hydrogens (tertiary/aromatic N) is 3. The fourth-order valence-electron chi connectivity index (χ4n) is 4.67. The van der Waals surface area contributed by atoms with Crippen LogP contribution in [0.4, 0.5) is 20.3 Å². The molecule has 2 aromatic heterocycles. The summed E-state index contributed by atoms with van der Waals surface area (Å²) in [5.74, 6) is -3.03. The largest absolute Gasteiger partial charge is 0.420 e. The molecular weight excluding hydrogens is 490 g/mol. The third kappa shape index (κ3) is 4.46. The lowest BCUT2D eigenvalue weighted by Gasteiger charge is -2.32. The molecule has 0 bridgehead atoms. The van der Waals surface area contributed by atoms with Crippen LogP contribution in [0.1, 0.15) is 37.8 Å². The number of para-hydroxylation sites is 1. The summed E-state index contributed by atoms with van der Waals surface area (Å²) in [4.78, 5) is 17.9. The standard InChI is InChI=1S/C25H24F2N4O4S/c1-16(17-8-3-4-9-19(17)30-12-5-2-6-13-30)31-20-14-18(26)22(15-21(20)35-25(31)32)36(33,34)29-24-11-7-10-23(27)28-24/h3-4,7-11,14-16H,2,5-6,12-13H2,1H3,(H,28,29)/t16-/m1/s1. The molecule has 2 aromatic carbocycles. The van der Waals surface area contributed by atoms with Gasteiger partial charge >= 0.3 is 5.76 Å². The molecule has 11 heteroatoms. The predicted molar refractivity (Wildman–Crippen MR) is 132 cm³/mol. The van der Waals surface area contributed by atoms with E-state index in [2.05, 4.69) is 9.88 Å². The molecule has 1 saturated heterocycles. The van der Waals surface area contributed by atoms with E-state index in [1.165, 1.54) is 23.1 Å². The zero-order chi connectivity index (χ0) is 25.4. The van der Waals surface area contributed by atoms with E-state index < -0.39 is 38.5 Å². The van der Waals surface area contributed by atoms with Crippen molar-refractivity contribution < 1.29 is 21.6 Å². The zero-order valence-electron chi connectivity index (χ0n) is 19.4. The second kappa shape index (κ2) is 9.38. The molecule has 188 valence electrons. The Balaban J connectivity index is 1.55. The van der Waals surface area contributed by atoms with E-state index in [4.69, 9.17) is 4.42 Å². The molecule has 0 unspecified atom stereocenters. The van der Waals surface area contributed by atoms with Crippen LogP contribution in [0.3, 0.4) is 0 Å². The van der Waals surface area contributed by atoms with Crippen molar-refractivity contribution in [1.29, 1.82) is 0 Å². The SMILES string of the molecule is C[C@H](c1ccccc1N1CCCCC1)n1c(=O)oc2cc(S(=O)(=O)Nc3cccc(F)n3)c(F)cc21. The number of piperidine rings is 1. The number of nitrogens with one attached hydrogen (secondary N) is 1. The second-order valence-electron chi connectivity index (χ2n) is 8.72. The molecule has 0 amide bonds. The quantitative estimate of drug-likeness (QED) is 0.376. The van der Waals surface area contributed by atoms with Gasteiger partial charge in [-0.25, -0.2) is 22.6 Å². The van der Waals surface area contributed by atoms with E-state index in [-0.39, 0.29) is 16.9 Å². The van der Waals surface area contributed by atoms with E-state index in [1.807, 2.05) is 35.9 Å². The van der Waals surface area contributed by atoms with Gasteiger partial charge in [0.05, 0.1) is 11.6 Å². The Hall–Kier alpha value is -3.73. The van der Waals surface area contributed by atoms with Crippen LogP contribution in [0.25, 0.3) is 11.1 Å². The molecule has 0 aliphatic carbocycles. The Morgan fingerprint density at radius 1 is 1.03 bits per heavy atom. The third-order valence-electron chi connectivity index (χ3n) is 6.38. The molecule has 8 nitrogen and oxygen atoms in total. The van der Waals surface area contributed by atoms with E-state index in [1.54, 1.807) is 0 Å². The van der Waals surface area contributed by atoms with Gasteiger partial charge in [0.25, 0.3) is 10.0 Å². The summed E-state index contributed by atoms with van der Waals surface area (Å²) in [6.07, 6.45) is 3.34. The maximum atomic E-state index is 15.1. The number of sulfonamides is 1. The molecule has 1 aliphatic rings. The minimum Gasteiger partial charge on any atom is -0.408 e. The number of benzene rings is 2. The first-order valence-corrected chi connectivity index (χ1v) is 13.1. The highest BCUT2D eigenvalue weighted by Gasteiger charge is 2.26. The molecule has 36 heavy (non-hydrogen) atoms. The highest BCUT2D eigenvalue weighted by atomic mass is 32.2. The lowest BCUT2D eigenvalue weighted by Crippen LogP contribution is -2.31. The Morgan fingerprint density at radius 2 is 1.78 bits per heavy atom. The molecule has 1 fully saturated rings. The monoisotopic (exact) mass is 514 g/mol. The Morgan fingerprint density at radius 3 is 2.53 bits per heavy atom. The van der Waals surface area contributed by atoms with Crippen LogP contribution < -0.4 is 15.4 Å². The molecular formula is C25H24F2N4O4S. The summed E-state index contributed by atoms with van der Waals surface area (Å²) in [6, 6.07) is 12.7. The van der Waals surface area contributed by atoms with Gasteiger partial charge in [-0.15, -0.1) is 0 Å². The number of pyridine rings is 1. The van der Waals surface area contributed by atoms with Gasteiger partial charge in [0.15, 0.2) is 5.58 Å². The van der Waals surface area contributed by atoms with Crippen molar-refractivity contribution >= 4 is 32.6 Å². The van der Waals surface area contributed by atoms with Crippen LogP contribution in [-0.2, 0) is 10.0 Å². The summed E-state index contributed by atoms with van der Waals surface area (Å²) in [7, 11) is -4.48. The van der Waals surface area contributed by atoms with Crippen molar-refractivity contribution in [2.75, 3.05) is 22.7 Å². The number of fused-ring (bicyclic) bond motifs is 1. The smallest absolute Gasteiger partial charge is 0.408 e. The number of rotatable bonds is 6. The summed E-state index contributed by atoms with van der Waals surface area (Å²) >= 11 is 0. The summed E-state index contributed by atoms with van der Waals surface area (Å²) in [5, 5.41) is 0. The van der Waals surface area contributed by atoms with Crippen LogP contribution in [0, 0.1) is 11.8 Å². The normalized spacial score (nSPS) is 15.2. The fraction of sp³-hybridized carbons (Fsp3) is 0.280. The van der Waals surface area contributed by atoms with Crippen molar-refractivity contribution in [2.45, 2.75) is 37.1 Å². The molecule has 4 aromatic rings. The number of oxazole rings is 1. The minimum atomic E-state index is -4.48. The van der Waals surface area contributed by atoms with Gasteiger partial charge < -0.3 is 9.32 Å². The second-order valence-corrected chi connectivity index (χ2v) is 10.4. The Bertz CT molecular complexity index is 1590. The maximum absolute atomic E-state index is 15.1. The lowest BCUT2D eigenvalue weighted by atomic mass is 10.0. The lowest BCUT2D eigenvalue weighted by molar-refractivity contribution is 0.488. The van der Waals surface area contributed by atoms with Gasteiger partial charge in [-0.1, -0.05) is 24.3 Å². The predicted octanol–water partition coefficient (Wildman–Crippen LogP) is 4.67. The minimum absolute atomic E-state index is 0.0868. The van der Waals surface area contributed by atoms with Crippen molar-refractivity contribution in [3.63, 3.8) is 0 Å². The van der Waals surface area contributed by atoms with Gasteiger partial charge in [0.2, 0.25) is 5.95 Å². The van der Waals surface area contributed by atoms with Crippen LogP contribution >= 0.6 is 0 Å². The molecule has 0 saturated carbocycles. The van der Waals surface area contributed by atoms with E-state index in [0.717, 1.165) is 55.4 Å². The topological polar surface area (TPSA) is 97.4 Å². The van der Waals surface area contributed by atoms with Crippen molar-refractivity contribution in [1.82, 2.24) is 9.55 Å². The average molecular weight is 515 g/mol. The van der Waals surface area contributed by atoms with Gasteiger partial charge in [0, 0.05) is 30.9 Å². The molecule has 3 heterocycles. The number of hydrogen-bond donors (Lipinski definition) is 1. The van der Waals surface area contributed by atoms with Crippen LogP contribution in [0.2, 0.25) is 0 Å². The molecule has 5 rings (SSSR count). The highest BCUT2D eigenvalue weighted by Crippen LogP contribution is 2.33. The Labute approximate surface area is 206 Å². The van der Waals surface area contributed by atoms with E-state index >= 15 is 4.39 Å². The number of anilines is 2. The van der Waals surface area contributed by atoms with Crippen LogP contribution in [-0.4, -0.2) is 31.1 Å². The zero-order valence-corrected chi connectivity index (χ0v) is 20.3. The van der Waals surface area contributed by atoms with E-state index in [9.17, 15) is 17.6 Å². The van der Waals surface area contributed by atoms with Gasteiger partial charge in [-0.2, -0.15) is 4.39 Å². The van der Waals surface area contributed by atoms with Crippen LogP contribution in [0.15, 0.2) is 68.7 Å². The first kappa shape index (κ1) is 24.0. The summed E-state index contributed by atoms with van der Waals surface area (Å²) in [6.45, 7) is 3.64. The average Bonchev–Trinajstić information content (AvgIpc) is 3.18. The molecule has 0 radical (unpaired) electrons. The Kier molecular flexibility index (Phi) is 6.25. The first-order chi connectivity index (χ1) is 17.2. The van der Waals surface area contributed by atoms with Gasteiger partial charge in [-0.05, 0) is 49.9 Å². The maximum Gasteiger partial charge on any atom is 0.420 e. The summed E-state index contributed by atoms with van der Waals surface area (Å²) in [5.41, 5.74) is 1.91. The van der Waals surface area contributed by atoms with Crippen molar-refractivity contribution in [3.8, 4) is 0 Å². The number of aromatic nitrogens is 2. The molecule has 1 atom stereocenters. The molecule has 1 aliphatic heterocycles. The van der Waals surface area contributed by atoms with Crippen LogP contribution in [0.5, 0.6) is 0 Å². The third-order valence-corrected chi connectivity index (χ3v) is 7.75. The van der Waals surface area contributed by atoms with Crippen molar-refractivity contribution in [3.05, 3.63) is 82.5 Å². The number of halogens is 2. The molecule has 0 spiro atoms. The highest BCUT2D eigenvalue weighted by molar-refractivity contribution is 7.92. The van der Waals surface area contributed by atoms with Gasteiger partial charge in [0.1, 0.15) is 16.5 Å². The van der Waals surface area contributed by atoms with E-state index in [0.29, 0.717) is 0 Å². The fourth-order valence-corrected chi connectivity index (χ4v) is 5.75. The number of hydrogen-bond acceptors (Lipinski definition) is 6.